The van der Waals surface area contributed by atoms with Crippen molar-refractivity contribution in [3.63, 3.8) is 0 Å². The zero-order chi connectivity index (χ0) is 21.5. The van der Waals surface area contributed by atoms with Gasteiger partial charge in [0, 0.05) is 16.7 Å². The topological polar surface area (TPSA) is 69.0 Å². The molecule has 0 atom stereocenters. The molecule has 0 aliphatic heterocycles. The molecule has 0 spiro atoms. The van der Waals surface area contributed by atoms with Crippen LogP contribution < -0.4 is 10.1 Å². The van der Waals surface area contributed by atoms with Crippen molar-refractivity contribution in [2.45, 2.75) is 32.2 Å². The van der Waals surface area contributed by atoms with Crippen molar-refractivity contribution >= 4 is 39.3 Å². The Hall–Kier alpha value is -2.58. The average Bonchev–Trinajstić information content (AvgIpc) is 3.11. The summed E-state index contributed by atoms with van der Waals surface area (Å²) < 4.78 is 8.70. The Balaban J connectivity index is 1.60. The third-order valence-corrected chi connectivity index (χ3v) is 5.91. The predicted molar refractivity (Wildman–Crippen MR) is 124 cm³/mol. The monoisotopic (exact) mass is 486 g/mol. The van der Waals surface area contributed by atoms with Crippen molar-refractivity contribution in [3.8, 4) is 5.75 Å². The van der Waals surface area contributed by atoms with E-state index in [1.165, 1.54) is 17.3 Å². The molecule has 0 radical (unpaired) electrons. The van der Waals surface area contributed by atoms with Crippen LogP contribution >= 0.6 is 27.7 Å². The van der Waals surface area contributed by atoms with Crippen LogP contribution in [0.2, 0.25) is 0 Å². The van der Waals surface area contributed by atoms with Gasteiger partial charge in [0.1, 0.15) is 12.4 Å². The first-order valence-electron chi connectivity index (χ1n) is 9.37. The number of halogens is 1. The predicted octanol–water partition coefficient (Wildman–Crippen LogP) is 5.15. The van der Waals surface area contributed by atoms with Gasteiger partial charge in [-0.15, -0.1) is 16.8 Å². The van der Waals surface area contributed by atoms with Crippen molar-refractivity contribution in [2.75, 3.05) is 11.1 Å². The minimum Gasteiger partial charge on any atom is -0.486 e. The molecule has 0 fully saturated rings. The van der Waals surface area contributed by atoms with E-state index >= 15 is 0 Å². The zero-order valence-corrected chi connectivity index (χ0v) is 19.3. The van der Waals surface area contributed by atoms with Crippen LogP contribution in [0.25, 0.3) is 0 Å². The largest absolute Gasteiger partial charge is 0.486 e. The van der Waals surface area contributed by atoms with E-state index in [4.69, 9.17) is 4.74 Å². The van der Waals surface area contributed by atoms with Crippen LogP contribution in [0, 0.1) is 13.8 Å². The molecular weight excluding hydrogens is 464 g/mol. The number of rotatable bonds is 9. The second kappa shape index (κ2) is 10.4. The van der Waals surface area contributed by atoms with Crippen LogP contribution in [-0.2, 0) is 17.9 Å². The summed E-state index contributed by atoms with van der Waals surface area (Å²) in [6.07, 6.45) is 1.77. The Kier molecular flexibility index (Phi) is 7.70. The Labute approximate surface area is 188 Å². The third-order valence-electron chi connectivity index (χ3n) is 4.41. The molecule has 1 aromatic heterocycles. The molecule has 0 saturated heterocycles. The standard InChI is InChI=1S/C22H23BrN4O2S/c1-4-11-27-20(13-29-19-9-6-17(23)7-10-19)25-26-22(27)30-14-21(28)24-18-8-5-15(2)16(3)12-18/h4-10,12H,1,11,13-14H2,2-3H3,(H,24,28). The number of thioether (sulfide) groups is 1. The van der Waals surface area contributed by atoms with E-state index < -0.39 is 0 Å². The molecule has 3 aromatic rings. The summed E-state index contributed by atoms with van der Waals surface area (Å²) in [4.78, 5) is 12.4. The fourth-order valence-corrected chi connectivity index (χ4v) is 3.70. The molecule has 3 rings (SSSR count). The molecule has 30 heavy (non-hydrogen) atoms. The van der Waals surface area contributed by atoms with Gasteiger partial charge in [0.15, 0.2) is 11.0 Å². The zero-order valence-electron chi connectivity index (χ0n) is 16.9. The minimum absolute atomic E-state index is 0.0935. The second-order valence-electron chi connectivity index (χ2n) is 6.68. The highest BCUT2D eigenvalue weighted by Gasteiger charge is 2.14. The van der Waals surface area contributed by atoms with Gasteiger partial charge in [-0.1, -0.05) is 39.8 Å². The summed E-state index contributed by atoms with van der Waals surface area (Å²) in [5.74, 6) is 1.56. The summed E-state index contributed by atoms with van der Waals surface area (Å²) in [6, 6.07) is 13.5. The molecule has 0 bridgehead atoms. The van der Waals surface area contributed by atoms with Gasteiger partial charge in [-0.05, 0) is 61.4 Å². The molecule has 0 saturated carbocycles. The lowest BCUT2D eigenvalue weighted by atomic mass is 10.1. The van der Waals surface area contributed by atoms with Crippen molar-refractivity contribution in [3.05, 3.63) is 76.5 Å². The van der Waals surface area contributed by atoms with Gasteiger partial charge in [-0.2, -0.15) is 0 Å². The molecule has 0 aliphatic rings. The summed E-state index contributed by atoms with van der Waals surface area (Å²) in [5.41, 5.74) is 3.12. The number of aromatic nitrogens is 3. The molecule has 156 valence electrons. The first kappa shape index (κ1) is 22.1. The van der Waals surface area contributed by atoms with E-state index in [0.717, 1.165) is 21.5 Å². The van der Waals surface area contributed by atoms with E-state index in [9.17, 15) is 4.79 Å². The number of anilines is 1. The summed E-state index contributed by atoms with van der Waals surface area (Å²) >= 11 is 4.74. The molecule has 6 nitrogen and oxygen atoms in total. The van der Waals surface area contributed by atoms with Crippen LogP contribution in [0.1, 0.15) is 17.0 Å². The number of hydrogen-bond acceptors (Lipinski definition) is 5. The lowest BCUT2D eigenvalue weighted by Gasteiger charge is -2.10. The van der Waals surface area contributed by atoms with Gasteiger partial charge in [-0.25, -0.2) is 0 Å². The van der Waals surface area contributed by atoms with Crippen LogP contribution in [0.5, 0.6) is 5.75 Å². The number of amides is 1. The number of nitrogens with one attached hydrogen (secondary N) is 1. The van der Waals surface area contributed by atoms with Gasteiger partial charge < -0.3 is 10.1 Å². The molecular formula is C22H23BrN4O2S. The summed E-state index contributed by atoms with van der Waals surface area (Å²) in [7, 11) is 0. The lowest BCUT2D eigenvalue weighted by molar-refractivity contribution is -0.113. The van der Waals surface area contributed by atoms with Gasteiger partial charge in [0.2, 0.25) is 5.91 Å². The molecule has 1 N–H and O–H groups in total. The molecule has 1 amide bonds. The molecule has 2 aromatic carbocycles. The quantitative estimate of drug-likeness (QED) is 0.334. The molecule has 1 heterocycles. The van der Waals surface area contributed by atoms with Crippen LogP contribution in [-0.4, -0.2) is 26.4 Å². The van der Waals surface area contributed by atoms with Gasteiger partial charge >= 0.3 is 0 Å². The first-order valence-corrected chi connectivity index (χ1v) is 11.2. The molecule has 8 heteroatoms. The number of benzene rings is 2. The normalized spacial score (nSPS) is 10.6. The van der Waals surface area contributed by atoms with E-state index in [1.54, 1.807) is 6.08 Å². The van der Waals surface area contributed by atoms with Crippen molar-refractivity contribution in [1.82, 2.24) is 14.8 Å². The van der Waals surface area contributed by atoms with Crippen molar-refractivity contribution in [1.29, 1.82) is 0 Å². The summed E-state index contributed by atoms with van der Waals surface area (Å²) in [5, 5.41) is 12.0. The van der Waals surface area contributed by atoms with E-state index in [-0.39, 0.29) is 18.3 Å². The maximum absolute atomic E-state index is 12.4. The lowest BCUT2D eigenvalue weighted by Crippen LogP contribution is -2.15. The Bertz CT molecular complexity index is 1030. The van der Waals surface area contributed by atoms with Gasteiger partial charge in [-0.3, -0.25) is 9.36 Å². The van der Waals surface area contributed by atoms with E-state index in [0.29, 0.717) is 17.5 Å². The van der Waals surface area contributed by atoms with Gasteiger partial charge in [0.25, 0.3) is 0 Å². The van der Waals surface area contributed by atoms with E-state index in [2.05, 4.69) is 38.0 Å². The summed E-state index contributed by atoms with van der Waals surface area (Å²) in [6.45, 7) is 8.68. The number of allylic oxidation sites excluding steroid dienone is 1. The van der Waals surface area contributed by atoms with Crippen molar-refractivity contribution in [2.24, 2.45) is 0 Å². The number of nitrogens with zero attached hydrogens (tertiary/aromatic N) is 3. The molecule has 0 unspecified atom stereocenters. The maximum atomic E-state index is 12.4. The Morgan fingerprint density at radius 3 is 2.67 bits per heavy atom. The van der Waals surface area contributed by atoms with E-state index in [1.807, 2.05) is 60.9 Å². The SMILES string of the molecule is C=CCn1c(COc2ccc(Br)cc2)nnc1SCC(=O)Nc1ccc(C)c(C)c1. The van der Waals surface area contributed by atoms with Gasteiger partial charge in [0.05, 0.1) is 5.75 Å². The Morgan fingerprint density at radius 1 is 1.20 bits per heavy atom. The number of carbonyl (C=O) groups is 1. The highest BCUT2D eigenvalue weighted by molar-refractivity contribution is 9.10. The van der Waals surface area contributed by atoms with Crippen LogP contribution in [0.4, 0.5) is 5.69 Å². The highest BCUT2D eigenvalue weighted by atomic mass is 79.9. The van der Waals surface area contributed by atoms with Crippen molar-refractivity contribution < 1.29 is 9.53 Å². The number of ether oxygens (including phenoxy) is 1. The second-order valence-corrected chi connectivity index (χ2v) is 8.53. The highest BCUT2D eigenvalue weighted by Crippen LogP contribution is 2.21. The average molecular weight is 487 g/mol. The number of carbonyl (C=O) groups excluding carboxylic acids is 1. The smallest absolute Gasteiger partial charge is 0.234 e. The fraction of sp³-hybridized carbons (Fsp3) is 0.227. The fourth-order valence-electron chi connectivity index (χ4n) is 2.67. The maximum Gasteiger partial charge on any atom is 0.234 e. The number of hydrogen-bond donors (Lipinski definition) is 1. The van der Waals surface area contributed by atoms with Crippen LogP contribution in [0.3, 0.4) is 0 Å². The minimum atomic E-state index is -0.0935. The number of aryl methyl sites for hydroxylation is 2. The first-order chi connectivity index (χ1) is 14.5. The van der Waals surface area contributed by atoms with Crippen LogP contribution in [0.15, 0.2) is 64.7 Å². The third kappa shape index (κ3) is 5.96. The Morgan fingerprint density at radius 2 is 1.97 bits per heavy atom. The molecule has 0 aliphatic carbocycles.